The van der Waals surface area contributed by atoms with Crippen LogP contribution in [0.3, 0.4) is 0 Å². The summed E-state index contributed by atoms with van der Waals surface area (Å²) >= 11 is 0. The molecule has 1 fully saturated rings. The van der Waals surface area contributed by atoms with Crippen LogP contribution in [0.15, 0.2) is 24.3 Å². The Kier molecular flexibility index (Phi) is 4.53. The molecule has 1 aliphatic rings. The quantitative estimate of drug-likeness (QED) is 0.840. The first-order valence-electron chi connectivity index (χ1n) is 6.61. The Balaban J connectivity index is 1.97. The topological polar surface area (TPSA) is 29.5 Å². The Labute approximate surface area is 113 Å². The van der Waals surface area contributed by atoms with Gasteiger partial charge in [0.05, 0.1) is 13.2 Å². The second kappa shape index (κ2) is 6.15. The van der Waals surface area contributed by atoms with Crippen LogP contribution >= 0.6 is 0 Å². The largest absolute Gasteiger partial charge is 0.380 e. The lowest BCUT2D eigenvalue weighted by Crippen LogP contribution is -2.35. The number of carbonyl (C=O) groups is 1. The molecule has 1 aliphatic heterocycles. The van der Waals surface area contributed by atoms with Crippen LogP contribution in [0.25, 0.3) is 0 Å². The van der Waals surface area contributed by atoms with Crippen molar-refractivity contribution in [3.05, 3.63) is 35.6 Å². The van der Waals surface area contributed by atoms with Crippen molar-refractivity contribution in [1.29, 1.82) is 0 Å². The van der Waals surface area contributed by atoms with Crippen LogP contribution in [0.1, 0.15) is 24.8 Å². The summed E-state index contributed by atoms with van der Waals surface area (Å²) in [5, 5.41) is 0. The molecule has 19 heavy (non-hydrogen) atoms. The molecule has 0 saturated carbocycles. The number of carbonyl (C=O) groups excluding carboxylic acids is 1. The molecule has 2 unspecified atom stereocenters. The van der Waals surface area contributed by atoms with Gasteiger partial charge in [0.15, 0.2) is 0 Å². The van der Waals surface area contributed by atoms with Gasteiger partial charge in [-0.05, 0) is 24.1 Å². The summed E-state index contributed by atoms with van der Waals surface area (Å²) in [5.41, 5.74) is 1.11. The van der Waals surface area contributed by atoms with Crippen LogP contribution in [0.5, 0.6) is 0 Å². The molecule has 0 N–H and O–H groups in total. The van der Waals surface area contributed by atoms with Gasteiger partial charge < -0.3 is 9.64 Å². The first kappa shape index (κ1) is 14.0. The summed E-state index contributed by atoms with van der Waals surface area (Å²) < 4.78 is 18.5. The number of rotatable bonds is 3. The number of hydrogen-bond donors (Lipinski definition) is 0. The second-order valence-corrected chi connectivity index (χ2v) is 5.29. The van der Waals surface area contributed by atoms with E-state index in [1.165, 1.54) is 12.1 Å². The zero-order chi connectivity index (χ0) is 13.8. The maximum atomic E-state index is 12.9. The van der Waals surface area contributed by atoms with Crippen molar-refractivity contribution < 1.29 is 13.9 Å². The third-order valence-corrected chi connectivity index (χ3v) is 3.70. The van der Waals surface area contributed by atoms with Crippen molar-refractivity contribution in [2.45, 2.75) is 19.3 Å². The highest BCUT2D eigenvalue weighted by molar-refractivity contribution is 5.72. The molecule has 104 valence electrons. The highest BCUT2D eigenvalue weighted by atomic mass is 19.1. The van der Waals surface area contributed by atoms with Crippen molar-refractivity contribution in [3.8, 4) is 0 Å². The van der Waals surface area contributed by atoms with E-state index in [9.17, 15) is 9.18 Å². The second-order valence-electron chi connectivity index (χ2n) is 5.29. The molecule has 1 aromatic rings. The molecule has 4 heteroatoms. The van der Waals surface area contributed by atoms with Crippen LogP contribution in [0.4, 0.5) is 4.39 Å². The third-order valence-electron chi connectivity index (χ3n) is 3.70. The van der Waals surface area contributed by atoms with Gasteiger partial charge in [-0.3, -0.25) is 4.79 Å². The Morgan fingerprint density at radius 3 is 2.68 bits per heavy atom. The van der Waals surface area contributed by atoms with E-state index in [1.54, 1.807) is 11.8 Å². The van der Waals surface area contributed by atoms with Crippen LogP contribution in [0.2, 0.25) is 0 Å². The van der Waals surface area contributed by atoms with Crippen molar-refractivity contribution in [3.63, 3.8) is 0 Å². The lowest BCUT2D eigenvalue weighted by atomic mass is 9.87. The lowest BCUT2D eigenvalue weighted by Gasteiger charge is -2.32. The molecule has 3 nitrogen and oxygen atoms in total. The molecule has 0 bridgehead atoms. The van der Waals surface area contributed by atoms with Gasteiger partial charge in [0.2, 0.25) is 5.91 Å². The zero-order valence-corrected chi connectivity index (χ0v) is 11.4. The van der Waals surface area contributed by atoms with Crippen LogP contribution in [0, 0.1) is 11.7 Å². The number of ether oxygens (including phenoxy) is 1. The van der Waals surface area contributed by atoms with E-state index in [1.807, 2.05) is 19.2 Å². The molecule has 2 rings (SSSR count). The minimum Gasteiger partial charge on any atom is -0.380 e. The molecule has 2 atom stereocenters. The summed E-state index contributed by atoms with van der Waals surface area (Å²) in [5.74, 6) is 0.495. The lowest BCUT2D eigenvalue weighted by molar-refractivity contribution is -0.128. The standard InChI is InChI=1S/C15H20FNO2/c1-11(18)17(2)8-12-7-14(10-19-9-12)13-3-5-15(16)6-4-13/h3-6,12,14H,7-10H2,1-2H3. The van der Waals surface area contributed by atoms with E-state index in [0.29, 0.717) is 31.6 Å². The summed E-state index contributed by atoms with van der Waals surface area (Å²) in [7, 11) is 1.81. The van der Waals surface area contributed by atoms with Gasteiger partial charge in [-0.25, -0.2) is 4.39 Å². The van der Waals surface area contributed by atoms with E-state index in [-0.39, 0.29) is 11.7 Å². The number of amides is 1. The Hall–Kier alpha value is -1.42. The maximum absolute atomic E-state index is 12.9. The van der Waals surface area contributed by atoms with Gasteiger partial charge in [-0.2, -0.15) is 0 Å². The molecular weight excluding hydrogens is 245 g/mol. The highest BCUT2D eigenvalue weighted by Gasteiger charge is 2.25. The summed E-state index contributed by atoms with van der Waals surface area (Å²) in [6.45, 7) is 3.65. The monoisotopic (exact) mass is 265 g/mol. The van der Waals surface area contributed by atoms with Gasteiger partial charge in [-0.15, -0.1) is 0 Å². The molecular formula is C15H20FNO2. The highest BCUT2D eigenvalue weighted by Crippen LogP contribution is 2.29. The van der Waals surface area contributed by atoms with Gasteiger partial charge in [0, 0.05) is 32.4 Å². The van der Waals surface area contributed by atoms with E-state index >= 15 is 0 Å². The van der Waals surface area contributed by atoms with Crippen molar-refractivity contribution in [1.82, 2.24) is 4.90 Å². The number of hydrogen-bond acceptors (Lipinski definition) is 2. The van der Waals surface area contributed by atoms with Crippen LogP contribution < -0.4 is 0 Å². The molecule has 1 aromatic carbocycles. The van der Waals surface area contributed by atoms with E-state index in [0.717, 1.165) is 12.0 Å². The average Bonchev–Trinajstić information content (AvgIpc) is 2.39. The summed E-state index contributed by atoms with van der Waals surface area (Å²) in [6, 6.07) is 6.61. The van der Waals surface area contributed by atoms with Crippen molar-refractivity contribution >= 4 is 5.91 Å². The van der Waals surface area contributed by atoms with E-state index in [2.05, 4.69) is 0 Å². The third kappa shape index (κ3) is 3.77. The van der Waals surface area contributed by atoms with Crippen molar-refractivity contribution in [2.24, 2.45) is 5.92 Å². The Bertz CT molecular complexity index is 432. The van der Waals surface area contributed by atoms with Gasteiger partial charge >= 0.3 is 0 Å². The predicted molar refractivity (Wildman–Crippen MR) is 71.4 cm³/mol. The maximum Gasteiger partial charge on any atom is 0.219 e. The molecule has 0 radical (unpaired) electrons. The fourth-order valence-electron chi connectivity index (χ4n) is 2.53. The number of nitrogens with zero attached hydrogens (tertiary/aromatic N) is 1. The first-order valence-corrected chi connectivity index (χ1v) is 6.61. The van der Waals surface area contributed by atoms with Crippen LogP contribution in [-0.2, 0) is 9.53 Å². The van der Waals surface area contributed by atoms with E-state index < -0.39 is 0 Å². The van der Waals surface area contributed by atoms with Gasteiger partial charge in [0.1, 0.15) is 5.82 Å². The summed E-state index contributed by atoms with van der Waals surface area (Å²) in [6.07, 6.45) is 0.975. The Morgan fingerprint density at radius 1 is 1.37 bits per heavy atom. The fourth-order valence-corrected chi connectivity index (χ4v) is 2.53. The van der Waals surface area contributed by atoms with Crippen molar-refractivity contribution in [2.75, 3.05) is 26.8 Å². The van der Waals surface area contributed by atoms with Gasteiger partial charge in [-0.1, -0.05) is 12.1 Å². The molecule has 0 aromatic heterocycles. The average molecular weight is 265 g/mol. The molecule has 1 saturated heterocycles. The zero-order valence-electron chi connectivity index (χ0n) is 11.4. The first-order chi connectivity index (χ1) is 9.06. The minimum atomic E-state index is -0.214. The molecule has 0 aliphatic carbocycles. The van der Waals surface area contributed by atoms with E-state index in [4.69, 9.17) is 4.74 Å². The molecule has 0 spiro atoms. The smallest absolute Gasteiger partial charge is 0.219 e. The predicted octanol–water partition coefficient (Wildman–Crippen LogP) is 2.42. The fraction of sp³-hybridized carbons (Fsp3) is 0.533. The van der Waals surface area contributed by atoms with Crippen LogP contribution in [-0.4, -0.2) is 37.6 Å². The number of benzene rings is 1. The normalized spacial score (nSPS) is 23.1. The molecule has 1 heterocycles. The van der Waals surface area contributed by atoms with Gasteiger partial charge in [0.25, 0.3) is 0 Å². The summed E-state index contributed by atoms with van der Waals surface area (Å²) in [4.78, 5) is 13.0. The number of halogens is 1. The Morgan fingerprint density at radius 2 is 2.05 bits per heavy atom. The molecule has 1 amide bonds. The minimum absolute atomic E-state index is 0.0731. The SMILES string of the molecule is CC(=O)N(C)CC1COCC(c2ccc(F)cc2)C1.